The SMILES string of the molecule is CC(C)CNC(=O)N1CCCC(CC(=O)N[C@@H]2CC[C@H](C(=O)O)C2)C1. The number of carboxylic acid groups (broad SMARTS) is 1. The van der Waals surface area contributed by atoms with Gasteiger partial charge in [0.1, 0.15) is 0 Å². The van der Waals surface area contributed by atoms with Crippen molar-refractivity contribution in [2.45, 2.75) is 58.4 Å². The van der Waals surface area contributed by atoms with Crippen molar-refractivity contribution in [3.8, 4) is 0 Å². The van der Waals surface area contributed by atoms with E-state index in [0.717, 1.165) is 25.8 Å². The van der Waals surface area contributed by atoms with Crippen LogP contribution in [0.15, 0.2) is 0 Å². The van der Waals surface area contributed by atoms with E-state index in [2.05, 4.69) is 24.5 Å². The maximum atomic E-state index is 12.3. The molecular formula is C18H31N3O4. The molecule has 1 saturated heterocycles. The second kappa shape index (κ2) is 9.06. The molecule has 0 radical (unpaired) electrons. The molecule has 0 bridgehead atoms. The molecule has 1 aliphatic carbocycles. The molecule has 0 aromatic rings. The van der Waals surface area contributed by atoms with Crippen LogP contribution in [0, 0.1) is 17.8 Å². The summed E-state index contributed by atoms with van der Waals surface area (Å²) in [6.07, 6.45) is 4.16. The van der Waals surface area contributed by atoms with Gasteiger partial charge in [0.2, 0.25) is 5.91 Å². The highest BCUT2D eigenvalue weighted by Gasteiger charge is 2.31. The number of aliphatic carboxylic acids is 1. The Bertz CT molecular complexity index is 495. The topological polar surface area (TPSA) is 98.7 Å². The first-order chi connectivity index (χ1) is 11.8. The highest BCUT2D eigenvalue weighted by atomic mass is 16.4. The summed E-state index contributed by atoms with van der Waals surface area (Å²) in [6.45, 7) is 6.13. The second-order valence-corrected chi connectivity index (χ2v) is 7.85. The molecule has 2 fully saturated rings. The van der Waals surface area contributed by atoms with E-state index < -0.39 is 5.97 Å². The van der Waals surface area contributed by atoms with Crippen LogP contribution in [0.1, 0.15) is 52.4 Å². The van der Waals surface area contributed by atoms with Gasteiger partial charge in [-0.25, -0.2) is 4.79 Å². The van der Waals surface area contributed by atoms with Gasteiger partial charge >= 0.3 is 12.0 Å². The molecule has 0 spiro atoms. The molecule has 0 aromatic carbocycles. The maximum absolute atomic E-state index is 12.3. The van der Waals surface area contributed by atoms with Gasteiger partial charge in [0.25, 0.3) is 0 Å². The largest absolute Gasteiger partial charge is 0.481 e. The Morgan fingerprint density at radius 2 is 1.96 bits per heavy atom. The summed E-state index contributed by atoms with van der Waals surface area (Å²) in [5.41, 5.74) is 0. The van der Waals surface area contributed by atoms with Crippen molar-refractivity contribution >= 4 is 17.9 Å². The van der Waals surface area contributed by atoms with Crippen LogP contribution >= 0.6 is 0 Å². The monoisotopic (exact) mass is 353 g/mol. The molecule has 0 aromatic heterocycles. The van der Waals surface area contributed by atoms with Crippen LogP contribution in [-0.4, -0.2) is 53.6 Å². The summed E-state index contributed by atoms with van der Waals surface area (Å²) < 4.78 is 0. The quantitative estimate of drug-likeness (QED) is 0.678. The van der Waals surface area contributed by atoms with E-state index in [4.69, 9.17) is 5.11 Å². The number of piperidine rings is 1. The first-order valence-electron chi connectivity index (χ1n) is 9.40. The zero-order valence-corrected chi connectivity index (χ0v) is 15.3. The predicted molar refractivity (Wildman–Crippen MR) is 94.1 cm³/mol. The fourth-order valence-corrected chi connectivity index (χ4v) is 3.71. The minimum Gasteiger partial charge on any atom is -0.481 e. The van der Waals surface area contributed by atoms with Gasteiger partial charge in [0.05, 0.1) is 5.92 Å². The standard InChI is InChI=1S/C18H31N3O4/c1-12(2)10-19-18(25)21-7-3-4-13(11-21)8-16(22)20-15-6-5-14(9-15)17(23)24/h12-15H,3-11H2,1-2H3,(H,19,25)(H,20,22)(H,23,24)/t13?,14-,15+/m0/s1. The van der Waals surface area contributed by atoms with E-state index >= 15 is 0 Å². The number of hydrogen-bond donors (Lipinski definition) is 3. The number of likely N-dealkylation sites (tertiary alicyclic amines) is 1. The Morgan fingerprint density at radius 3 is 2.60 bits per heavy atom. The van der Waals surface area contributed by atoms with Crippen LogP contribution in [0.5, 0.6) is 0 Å². The minimum absolute atomic E-state index is 0.0227. The number of rotatable bonds is 6. The van der Waals surface area contributed by atoms with Crippen LogP contribution in [0.25, 0.3) is 0 Å². The van der Waals surface area contributed by atoms with Crippen molar-refractivity contribution in [2.75, 3.05) is 19.6 Å². The lowest BCUT2D eigenvalue weighted by atomic mass is 9.94. The summed E-state index contributed by atoms with van der Waals surface area (Å²) in [7, 11) is 0. The number of carbonyl (C=O) groups excluding carboxylic acids is 2. The lowest BCUT2D eigenvalue weighted by Crippen LogP contribution is -2.47. The lowest BCUT2D eigenvalue weighted by Gasteiger charge is -2.33. The minimum atomic E-state index is -0.771. The molecule has 7 heteroatoms. The van der Waals surface area contributed by atoms with Crippen molar-refractivity contribution < 1.29 is 19.5 Å². The van der Waals surface area contributed by atoms with Crippen molar-refractivity contribution in [1.82, 2.24) is 15.5 Å². The van der Waals surface area contributed by atoms with Crippen LogP contribution in [-0.2, 0) is 9.59 Å². The zero-order valence-electron chi connectivity index (χ0n) is 15.3. The average molecular weight is 353 g/mol. The van der Waals surface area contributed by atoms with Crippen LogP contribution in [0.3, 0.4) is 0 Å². The van der Waals surface area contributed by atoms with E-state index in [1.54, 1.807) is 4.90 Å². The van der Waals surface area contributed by atoms with Gasteiger partial charge in [0.15, 0.2) is 0 Å². The fourth-order valence-electron chi connectivity index (χ4n) is 3.71. The van der Waals surface area contributed by atoms with Gasteiger partial charge in [-0.3, -0.25) is 9.59 Å². The molecule has 2 rings (SSSR count). The van der Waals surface area contributed by atoms with E-state index in [1.807, 2.05) is 0 Å². The van der Waals surface area contributed by atoms with Crippen molar-refractivity contribution in [3.63, 3.8) is 0 Å². The van der Waals surface area contributed by atoms with Crippen molar-refractivity contribution in [2.24, 2.45) is 17.8 Å². The molecule has 25 heavy (non-hydrogen) atoms. The van der Waals surface area contributed by atoms with Gasteiger partial charge < -0.3 is 20.6 Å². The summed E-state index contributed by atoms with van der Waals surface area (Å²) in [5.74, 6) is -0.538. The van der Waals surface area contributed by atoms with Gasteiger partial charge in [-0.2, -0.15) is 0 Å². The third kappa shape index (κ3) is 6.21. The van der Waals surface area contributed by atoms with E-state index in [1.165, 1.54) is 0 Å². The summed E-state index contributed by atoms with van der Waals surface area (Å²) in [4.78, 5) is 37.2. The Hall–Kier alpha value is -1.79. The number of amides is 3. The van der Waals surface area contributed by atoms with Gasteiger partial charge in [0, 0.05) is 32.1 Å². The highest BCUT2D eigenvalue weighted by Crippen LogP contribution is 2.26. The zero-order chi connectivity index (χ0) is 18.4. The molecule has 7 nitrogen and oxygen atoms in total. The highest BCUT2D eigenvalue weighted by molar-refractivity contribution is 5.77. The lowest BCUT2D eigenvalue weighted by molar-refractivity contribution is -0.141. The Kier molecular flexibility index (Phi) is 7.08. The molecule has 1 aliphatic heterocycles. The normalized spacial score (nSPS) is 26.5. The molecule has 2 aliphatic rings. The number of nitrogens with zero attached hydrogens (tertiary/aromatic N) is 1. The molecule has 3 N–H and O–H groups in total. The van der Waals surface area contributed by atoms with Gasteiger partial charge in [-0.15, -0.1) is 0 Å². The van der Waals surface area contributed by atoms with Crippen LogP contribution < -0.4 is 10.6 Å². The fraction of sp³-hybridized carbons (Fsp3) is 0.833. The van der Waals surface area contributed by atoms with Crippen molar-refractivity contribution in [3.05, 3.63) is 0 Å². The van der Waals surface area contributed by atoms with Gasteiger partial charge in [-0.1, -0.05) is 13.8 Å². The van der Waals surface area contributed by atoms with E-state index in [9.17, 15) is 14.4 Å². The van der Waals surface area contributed by atoms with E-state index in [-0.39, 0.29) is 29.8 Å². The third-order valence-corrected chi connectivity index (χ3v) is 5.09. The molecule has 142 valence electrons. The molecule has 3 amide bonds. The second-order valence-electron chi connectivity index (χ2n) is 7.85. The molecule has 1 unspecified atom stereocenters. The first kappa shape index (κ1) is 19.5. The van der Waals surface area contributed by atoms with Crippen LogP contribution in [0.2, 0.25) is 0 Å². The molecule has 3 atom stereocenters. The Labute approximate surface area is 149 Å². The molecule has 1 saturated carbocycles. The average Bonchev–Trinajstić information content (AvgIpc) is 3.01. The van der Waals surface area contributed by atoms with Gasteiger partial charge in [-0.05, 0) is 43.9 Å². The summed E-state index contributed by atoms with van der Waals surface area (Å²) in [5, 5.41) is 14.9. The number of nitrogens with one attached hydrogen (secondary N) is 2. The maximum Gasteiger partial charge on any atom is 0.317 e. The molecular weight excluding hydrogens is 322 g/mol. The third-order valence-electron chi connectivity index (χ3n) is 5.09. The summed E-state index contributed by atoms with van der Waals surface area (Å²) in [6, 6.07) is -0.0680. The van der Waals surface area contributed by atoms with Crippen LogP contribution in [0.4, 0.5) is 4.79 Å². The smallest absolute Gasteiger partial charge is 0.317 e. The number of carboxylic acids is 1. The number of carbonyl (C=O) groups is 3. The first-order valence-corrected chi connectivity index (χ1v) is 9.40. The molecule has 1 heterocycles. The van der Waals surface area contributed by atoms with E-state index in [0.29, 0.717) is 38.3 Å². The number of urea groups is 1. The Balaban J connectivity index is 1.73. The summed E-state index contributed by atoms with van der Waals surface area (Å²) >= 11 is 0. The number of hydrogen-bond acceptors (Lipinski definition) is 3. The Morgan fingerprint density at radius 1 is 1.20 bits per heavy atom. The van der Waals surface area contributed by atoms with Crippen molar-refractivity contribution in [1.29, 1.82) is 0 Å². The predicted octanol–water partition coefficient (Wildman–Crippen LogP) is 1.82.